The van der Waals surface area contributed by atoms with Crippen molar-refractivity contribution in [2.75, 3.05) is 13.2 Å². The number of benzene rings is 1. The second kappa shape index (κ2) is 5.99. The Balaban J connectivity index is 2.56. The van der Waals surface area contributed by atoms with Crippen molar-refractivity contribution < 1.29 is 19.4 Å². The first-order chi connectivity index (χ1) is 9.47. The summed E-state index contributed by atoms with van der Waals surface area (Å²) >= 11 is 12.3. The fourth-order valence-corrected chi connectivity index (χ4v) is 2.95. The number of halogens is 2. The summed E-state index contributed by atoms with van der Waals surface area (Å²) in [5, 5.41) is 9.92. The maximum atomic E-state index is 11.9. The lowest BCUT2D eigenvalue weighted by atomic mass is 9.97. The lowest BCUT2D eigenvalue weighted by molar-refractivity contribution is -0.172. The smallest absolute Gasteiger partial charge is 0.335 e. The Morgan fingerprint density at radius 1 is 1.45 bits per heavy atom. The molecule has 1 saturated heterocycles. The molecular formula is C13H13Cl2NO4. The molecule has 1 aliphatic rings. The molecule has 0 radical (unpaired) electrons. The SMILES string of the molecule is CCN1C(=O)COC(C(=O)O)C1c1c(Cl)cccc1Cl. The van der Waals surface area contributed by atoms with Gasteiger partial charge in [-0.1, -0.05) is 29.3 Å². The number of carboxylic acid groups (broad SMARTS) is 1. The maximum absolute atomic E-state index is 11.9. The van der Waals surface area contributed by atoms with E-state index in [4.69, 9.17) is 27.9 Å². The van der Waals surface area contributed by atoms with Crippen LogP contribution in [0.3, 0.4) is 0 Å². The summed E-state index contributed by atoms with van der Waals surface area (Å²) in [4.78, 5) is 24.7. The average Bonchev–Trinajstić information content (AvgIpc) is 2.38. The second-order valence-corrected chi connectivity index (χ2v) is 5.14. The number of likely N-dealkylation sites (N-methyl/N-ethyl adjacent to an activating group) is 1. The zero-order valence-electron chi connectivity index (χ0n) is 10.7. The highest BCUT2D eigenvalue weighted by Gasteiger charge is 2.42. The van der Waals surface area contributed by atoms with Gasteiger partial charge in [0.25, 0.3) is 0 Å². The molecule has 0 aliphatic carbocycles. The van der Waals surface area contributed by atoms with Gasteiger partial charge in [0.2, 0.25) is 5.91 Å². The van der Waals surface area contributed by atoms with Crippen LogP contribution in [-0.2, 0) is 14.3 Å². The monoisotopic (exact) mass is 317 g/mol. The van der Waals surface area contributed by atoms with Crippen LogP contribution in [0.25, 0.3) is 0 Å². The van der Waals surface area contributed by atoms with Crippen molar-refractivity contribution in [2.45, 2.75) is 19.1 Å². The Bertz CT molecular complexity index is 527. The zero-order valence-corrected chi connectivity index (χ0v) is 12.2. The first kappa shape index (κ1) is 15.1. The van der Waals surface area contributed by atoms with Crippen molar-refractivity contribution in [3.8, 4) is 0 Å². The fourth-order valence-electron chi connectivity index (χ4n) is 2.33. The fraction of sp³-hybridized carbons (Fsp3) is 0.385. The number of hydrogen-bond acceptors (Lipinski definition) is 3. The van der Waals surface area contributed by atoms with Gasteiger partial charge in [0.05, 0.1) is 6.04 Å². The van der Waals surface area contributed by atoms with Gasteiger partial charge >= 0.3 is 5.97 Å². The largest absolute Gasteiger partial charge is 0.479 e. The third kappa shape index (κ3) is 2.61. The Labute approximate surface area is 126 Å². The summed E-state index contributed by atoms with van der Waals surface area (Å²) in [7, 11) is 0. The average molecular weight is 318 g/mol. The molecule has 7 heteroatoms. The number of carboxylic acids is 1. The Morgan fingerprint density at radius 2 is 2.05 bits per heavy atom. The highest BCUT2D eigenvalue weighted by atomic mass is 35.5. The minimum Gasteiger partial charge on any atom is -0.479 e. The number of ether oxygens (including phenoxy) is 1. The van der Waals surface area contributed by atoms with Gasteiger partial charge in [-0.2, -0.15) is 0 Å². The number of hydrogen-bond donors (Lipinski definition) is 1. The van der Waals surface area contributed by atoms with Crippen molar-refractivity contribution in [1.29, 1.82) is 0 Å². The number of rotatable bonds is 3. The highest BCUT2D eigenvalue weighted by molar-refractivity contribution is 6.36. The summed E-state index contributed by atoms with van der Waals surface area (Å²) in [5.41, 5.74) is 0.401. The lowest BCUT2D eigenvalue weighted by Crippen LogP contribution is -2.51. The molecule has 1 aromatic rings. The van der Waals surface area contributed by atoms with E-state index in [-0.39, 0.29) is 12.5 Å². The molecule has 0 bridgehead atoms. The van der Waals surface area contributed by atoms with Crippen LogP contribution < -0.4 is 0 Å². The van der Waals surface area contributed by atoms with E-state index in [2.05, 4.69) is 0 Å². The Hall–Kier alpha value is -1.30. The van der Waals surface area contributed by atoms with E-state index >= 15 is 0 Å². The molecule has 5 nitrogen and oxygen atoms in total. The van der Waals surface area contributed by atoms with Crippen LogP contribution in [0.4, 0.5) is 0 Å². The lowest BCUT2D eigenvalue weighted by Gasteiger charge is -2.39. The summed E-state index contributed by atoms with van der Waals surface area (Å²) < 4.78 is 5.15. The number of carbonyl (C=O) groups is 2. The molecule has 0 aromatic heterocycles. The third-order valence-electron chi connectivity index (χ3n) is 3.21. The zero-order chi connectivity index (χ0) is 14.9. The number of carbonyl (C=O) groups excluding carboxylic acids is 1. The van der Waals surface area contributed by atoms with E-state index in [1.165, 1.54) is 4.90 Å². The summed E-state index contributed by atoms with van der Waals surface area (Å²) in [5.74, 6) is -1.44. The topological polar surface area (TPSA) is 66.8 Å². The standard InChI is InChI=1S/C13H13Cl2NO4/c1-2-16-9(17)6-20-12(13(18)19)11(16)10-7(14)4-3-5-8(10)15/h3-5,11-12H,2,6H2,1H3,(H,18,19). The first-order valence-electron chi connectivity index (χ1n) is 6.05. The summed E-state index contributed by atoms with van der Waals surface area (Å²) in [6, 6.07) is 4.04. The van der Waals surface area contributed by atoms with Crippen LogP contribution in [-0.4, -0.2) is 41.1 Å². The van der Waals surface area contributed by atoms with Crippen molar-refractivity contribution in [3.63, 3.8) is 0 Å². The molecule has 1 heterocycles. The molecule has 1 aromatic carbocycles. The molecule has 2 rings (SSSR count). The minimum atomic E-state index is -1.19. The highest BCUT2D eigenvalue weighted by Crippen LogP contribution is 2.38. The van der Waals surface area contributed by atoms with Gasteiger partial charge in [0.1, 0.15) is 6.61 Å². The van der Waals surface area contributed by atoms with E-state index in [1.807, 2.05) is 0 Å². The van der Waals surface area contributed by atoms with Crippen LogP contribution >= 0.6 is 23.2 Å². The predicted octanol–water partition coefficient (Wildman–Crippen LogP) is 2.37. The minimum absolute atomic E-state index is 0.261. The van der Waals surface area contributed by atoms with Gasteiger partial charge in [-0.15, -0.1) is 0 Å². The van der Waals surface area contributed by atoms with Gasteiger partial charge < -0.3 is 14.7 Å². The Morgan fingerprint density at radius 3 is 2.55 bits per heavy atom. The first-order valence-corrected chi connectivity index (χ1v) is 6.80. The van der Waals surface area contributed by atoms with E-state index in [1.54, 1.807) is 25.1 Å². The van der Waals surface area contributed by atoms with E-state index < -0.39 is 18.1 Å². The quantitative estimate of drug-likeness (QED) is 0.929. The third-order valence-corrected chi connectivity index (χ3v) is 3.87. The van der Waals surface area contributed by atoms with Gasteiger partial charge in [0, 0.05) is 22.2 Å². The predicted molar refractivity (Wildman–Crippen MR) is 74.0 cm³/mol. The molecule has 1 N–H and O–H groups in total. The van der Waals surface area contributed by atoms with Gasteiger partial charge in [-0.3, -0.25) is 4.79 Å². The molecular weight excluding hydrogens is 305 g/mol. The second-order valence-electron chi connectivity index (χ2n) is 4.33. The number of morpholine rings is 1. The van der Waals surface area contributed by atoms with Crippen molar-refractivity contribution in [3.05, 3.63) is 33.8 Å². The van der Waals surface area contributed by atoms with E-state index in [0.717, 1.165) is 0 Å². The Kier molecular flexibility index (Phi) is 4.52. The normalized spacial score (nSPS) is 22.9. The van der Waals surface area contributed by atoms with Gasteiger partial charge in [-0.05, 0) is 19.1 Å². The molecule has 20 heavy (non-hydrogen) atoms. The molecule has 2 unspecified atom stereocenters. The van der Waals surface area contributed by atoms with Crippen LogP contribution in [0.2, 0.25) is 10.0 Å². The molecule has 0 spiro atoms. The molecule has 1 aliphatic heterocycles. The van der Waals surface area contributed by atoms with Gasteiger partial charge in [-0.25, -0.2) is 4.79 Å². The summed E-state index contributed by atoms with van der Waals surface area (Å²) in [6.07, 6.45) is -1.19. The van der Waals surface area contributed by atoms with E-state index in [9.17, 15) is 14.7 Å². The maximum Gasteiger partial charge on any atom is 0.335 e. The van der Waals surface area contributed by atoms with Crippen LogP contribution in [0.1, 0.15) is 18.5 Å². The van der Waals surface area contributed by atoms with Crippen LogP contribution in [0.15, 0.2) is 18.2 Å². The number of nitrogens with zero attached hydrogens (tertiary/aromatic N) is 1. The number of aliphatic carboxylic acids is 1. The molecule has 108 valence electrons. The molecule has 1 fully saturated rings. The summed E-state index contributed by atoms with van der Waals surface area (Å²) in [6.45, 7) is 1.85. The van der Waals surface area contributed by atoms with Gasteiger partial charge in [0.15, 0.2) is 6.10 Å². The van der Waals surface area contributed by atoms with E-state index in [0.29, 0.717) is 22.2 Å². The molecule has 1 amide bonds. The number of amides is 1. The van der Waals surface area contributed by atoms with Crippen LogP contribution in [0.5, 0.6) is 0 Å². The van der Waals surface area contributed by atoms with Crippen molar-refractivity contribution in [2.24, 2.45) is 0 Å². The molecule has 2 atom stereocenters. The van der Waals surface area contributed by atoms with Crippen molar-refractivity contribution >= 4 is 35.1 Å². The van der Waals surface area contributed by atoms with Crippen molar-refractivity contribution in [1.82, 2.24) is 4.90 Å². The van der Waals surface area contributed by atoms with Crippen LogP contribution in [0, 0.1) is 0 Å². The molecule has 0 saturated carbocycles.